The van der Waals surface area contributed by atoms with Crippen molar-refractivity contribution in [2.75, 3.05) is 16.8 Å². The lowest BCUT2D eigenvalue weighted by Gasteiger charge is -2.23. The van der Waals surface area contributed by atoms with E-state index >= 15 is 0 Å². The summed E-state index contributed by atoms with van der Waals surface area (Å²) in [4.78, 5) is 25.4. The Balaban J connectivity index is 2.24. The number of amides is 2. The van der Waals surface area contributed by atoms with Crippen LogP contribution in [0.25, 0.3) is 0 Å². The first kappa shape index (κ1) is 17.6. The Kier molecular flexibility index (Phi) is 5.28. The fourth-order valence-electron chi connectivity index (χ4n) is 2.32. The Labute approximate surface area is 139 Å². The molecule has 2 amide bonds. The third-order valence-electron chi connectivity index (χ3n) is 3.56. The molecule has 0 fully saturated rings. The van der Waals surface area contributed by atoms with Gasteiger partial charge in [-0.05, 0) is 43.2 Å². The summed E-state index contributed by atoms with van der Waals surface area (Å²) in [5.74, 6) is -2.77. The SMILES string of the molecule is CC(=O)N(CC(=O)Nc1c(F)cccc1F)c1cc(C)ccc1C. The molecule has 0 heterocycles. The maximum atomic E-state index is 13.6. The summed E-state index contributed by atoms with van der Waals surface area (Å²) < 4.78 is 27.2. The third-order valence-corrected chi connectivity index (χ3v) is 3.56. The maximum Gasteiger partial charge on any atom is 0.244 e. The number of benzene rings is 2. The minimum Gasteiger partial charge on any atom is -0.320 e. The van der Waals surface area contributed by atoms with Gasteiger partial charge in [0.25, 0.3) is 0 Å². The van der Waals surface area contributed by atoms with Crippen LogP contribution in [0.3, 0.4) is 0 Å². The molecule has 0 bridgehead atoms. The number of nitrogens with zero attached hydrogens (tertiary/aromatic N) is 1. The van der Waals surface area contributed by atoms with Gasteiger partial charge in [-0.25, -0.2) is 8.78 Å². The molecule has 24 heavy (non-hydrogen) atoms. The van der Waals surface area contributed by atoms with Gasteiger partial charge in [0, 0.05) is 12.6 Å². The molecule has 126 valence electrons. The van der Waals surface area contributed by atoms with Crippen LogP contribution in [0.4, 0.5) is 20.2 Å². The quantitative estimate of drug-likeness (QED) is 0.930. The molecule has 0 aromatic heterocycles. The number of para-hydroxylation sites is 1. The van der Waals surface area contributed by atoms with Crippen LogP contribution in [0.2, 0.25) is 0 Å². The van der Waals surface area contributed by atoms with E-state index in [-0.39, 0.29) is 12.5 Å². The van der Waals surface area contributed by atoms with Crippen LogP contribution in [0.1, 0.15) is 18.1 Å². The normalized spacial score (nSPS) is 10.4. The number of anilines is 2. The summed E-state index contributed by atoms with van der Waals surface area (Å²) in [6.45, 7) is 4.68. The molecule has 0 atom stereocenters. The number of carbonyl (C=O) groups excluding carboxylic acids is 2. The van der Waals surface area contributed by atoms with Gasteiger partial charge in [-0.1, -0.05) is 18.2 Å². The van der Waals surface area contributed by atoms with Gasteiger partial charge in [0.1, 0.15) is 23.9 Å². The fraction of sp³-hybridized carbons (Fsp3) is 0.222. The predicted octanol–water partition coefficient (Wildman–Crippen LogP) is 3.57. The van der Waals surface area contributed by atoms with Gasteiger partial charge in [-0.15, -0.1) is 0 Å². The van der Waals surface area contributed by atoms with Crippen molar-refractivity contribution in [3.63, 3.8) is 0 Å². The lowest BCUT2D eigenvalue weighted by molar-refractivity contribution is -0.120. The summed E-state index contributed by atoms with van der Waals surface area (Å²) in [5, 5.41) is 2.18. The zero-order chi connectivity index (χ0) is 17.9. The Morgan fingerprint density at radius 2 is 1.71 bits per heavy atom. The number of rotatable bonds is 4. The van der Waals surface area contributed by atoms with E-state index in [0.29, 0.717) is 5.69 Å². The van der Waals surface area contributed by atoms with Gasteiger partial charge in [0.15, 0.2) is 0 Å². The topological polar surface area (TPSA) is 49.4 Å². The smallest absolute Gasteiger partial charge is 0.244 e. The van der Waals surface area contributed by atoms with E-state index in [1.807, 2.05) is 26.0 Å². The van der Waals surface area contributed by atoms with Gasteiger partial charge in [0.2, 0.25) is 11.8 Å². The van der Waals surface area contributed by atoms with Crippen LogP contribution >= 0.6 is 0 Å². The second-order valence-electron chi connectivity index (χ2n) is 5.54. The minimum atomic E-state index is -0.871. The van der Waals surface area contributed by atoms with Crippen LogP contribution in [0.15, 0.2) is 36.4 Å². The van der Waals surface area contributed by atoms with Gasteiger partial charge < -0.3 is 10.2 Å². The van der Waals surface area contributed by atoms with Crippen LogP contribution in [0.5, 0.6) is 0 Å². The molecular formula is C18H18F2N2O2. The largest absolute Gasteiger partial charge is 0.320 e. The lowest BCUT2D eigenvalue weighted by Crippen LogP contribution is -2.37. The molecule has 6 heteroatoms. The second-order valence-corrected chi connectivity index (χ2v) is 5.54. The molecule has 0 saturated carbocycles. The molecule has 0 saturated heterocycles. The van der Waals surface area contributed by atoms with Crippen molar-refractivity contribution in [3.8, 4) is 0 Å². The zero-order valence-corrected chi connectivity index (χ0v) is 13.7. The summed E-state index contributed by atoms with van der Waals surface area (Å²) in [7, 11) is 0. The first-order chi connectivity index (χ1) is 11.3. The molecule has 0 aliphatic rings. The lowest BCUT2D eigenvalue weighted by atomic mass is 10.1. The van der Waals surface area contributed by atoms with E-state index in [1.165, 1.54) is 17.9 Å². The van der Waals surface area contributed by atoms with Crippen molar-refractivity contribution in [2.45, 2.75) is 20.8 Å². The number of hydrogen-bond acceptors (Lipinski definition) is 2. The number of hydrogen-bond donors (Lipinski definition) is 1. The monoisotopic (exact) mass is 332 g/mol. The summed E-state index contributed by atoms with van der Waals surface area (Å²) in [6, 6.07) is 8.82. The van der Waals surface area contributed by atoms with Gasteiger partial charge in [0.05, 0.1) is 0 Å². The molecule has 0 aliphatic carbocycles. The van der Waals surface area contributed by atoms with Crippen LogP contribution < -0.4 is 10.2 Å². The number of halogens is 2. The van der Waals surface area contributed by atoms with Crippen molar-refractivity contribution in [1.29, 1.82) is 0 Å². The Morgan fingerprint density at radius 3 is 2.29 bits per heavy atom. The standard InChI is InChI=1S/C18H18F2N2O2/c1-11-7-8-12(2)16(9-11)22(13(3)23)10-17(24)21-18-14(19)5-4-6-15(18)20/h4-9H,10H2,1-3H3,(H,21,24). The van der Waals surface area contributed by atoms with Crippen LogP contribution in [0, 0.1) is 25.5 Å². The average molecular weight is 332 g/mol. The summed E-state index contributed by atoms with van der Waals surface area (Å²) >= 11 is 0. The summed E-state index contributed by atoms with van der Waals surface area (Å²) in [6.07, 6.45) is 0. The Bertz CT molecular complexity index is 770. The van der Waals surface area contributed by atoms with Crippen molar-refractivity contribution in [1.82, 2.24) is 0 Å². The highest BCUT2D eigenvalue weighted by molar-refractivity contribution is 6.02. The van der Waals surface area contributed by atoms with Crippen LogP contribution in [-0.2, 0) is 9.59 Å². The van der Waals surface area contributed by atoms with E-state index in [9.17, 15) is 18.4 Å². The molecule has 4 nitrogen and oxygen atoms in total. The van der Waals surface area contributed by atoms with Gasteiger partial charge in [-0.2, -0.15) is 0 Å². The van der Waals surface area contributed by atoms with E-state index in [4.69, 9.17) is 0 Å². The van der Waals surface area contributed by atoms with E-state index in [0.717, 1.165) is 23.3 Å². The van der Waals surface area contributed by atoms with Crippen molar-refractivity contribution in [3.05, 3.63) is 59.2 Å². The van der Waals surface area contributed by atoms with E-state index < -0.39 is 23.2 Å². The number of carbonyl (C=O) groups is 2. The molecular weight excluding hydrogens is 314 g/mol. The first-order valence-electron chi connectivity index (χ1n) is 7.39. The molecule has 2 aromatic carbocycles. The highest BCUT2D eigenvalue weighted by atomic mass is 19.1. The minimum absolute atomic E-state index is 0.340. The zero-order valence-electron chi connectivity index (χ0n) is 13.7. The second kappa shape index (κ2) is 7.21. The van der Waals surface area contributed by atoms with Crippen molar-refractivity contribution >= 4 is 23.2 Å². The van der Waals surface area contributed by atoms with Gasteiger partial charge >= 0.3 is 0 Å². The van der Waals surface area contributed by atoms with Crippen LogP contribution in [-0.4, -0.2) is 18.4 Å². The highest BCUT2D eigenvalue weighted by Gasteiger charge is 2.19. The molecule has 1 N–H and O–H groups in total. The highest BCUT2D eigenvalue weighted by Crippen LogP contribution is 2.22. The molecule has 0 aliphatic heterocycles. The average Bonchev–Trinajstić information content (AvgIpc) is 2.51. The molecule has 0 unspecified atom stereocenters. The van der Waals surface area contributed by atoms with E-state index in [2.05, 4.69) is 5.32 Å². The number of aryl methyl sites for hydroxylation is 2. The van der Waals surface area contributed by atoms with Crippen molar-refractivity contribution in [2.24, 2.45) is 0 Å². The number of nitrogens with one attached hydrogen (secondary N) is 1. The first-order valence-corrected chi connectivity index (χ1v) is 7.39. The molecule has 2 rings (SSSR count). The predicted molar refractivity (Wildman–Crippen MR) is 88.9 cm³/mol. The fourth-order valence-corrected chi connectivity index (χ4v) is 2.32. The Hall–Kier alpha value is -2.76. The van der Waals surface area contributed by atoms with Gasteiger partial charge in [-0.3, -0.25) is 9.59 Å². The third kappa shape index (κ3) is 3.95. The molecule has 0 spiro atoms. The molecule has 0 radical (unpaired) electrons. The Morgan fingerprint density at radius 1 is 1.08 bits per heavy atom. The maximum absolute atomic E-state index is 13.6. The van der Waals surface area contributed by atoms with E-state index in [1.54, 1.807) is 6.07 Å². The summed E-state index contributed by atoms with van der Waals surface area (Å²) in [5.41, 5.74) is 1.82. The van der Waals surface area contributed by atoms with Crippen molar-refractivity contribution < 1.29 is 18.4 Å². The molecule has 2 aromatic rings.